The number of pyridine rings is 1. The molecule has 2 heterocycles. The molecule has 1 aliphatic rings. The van der Waals surface area contributed by atoms with Crippen LogP contribution in [0.2, 0.25) is 0 Å². The van der Waals surface area contributed by atoms with Crippen molar-refractivity contribution in [2.75, 3.05) is 31.1 Å². The smallest absolute Gasteiger partial charge is 0.410 e. The number of hydrogen-bond acceptors (Lipinski definition) is 4. The van der Waals surface area contributed by atoms with E-state index in [0.29, 0.717) is 13.1 Å². The Hall–Kier alpha value is -1.78. The molecule has 1 saturated heterocycles. The first-order valence-electron chi connectivity index (χ1n) is 8.26. The first-order valence-corrected chi connectivity index (χ1v) is 8.26. The lowest BCUT2D eigenvalue weighted by atomic mass is 9.92. The minimum atomic E-state index is -0.444. The maximum absolute atomic E-state index is 12.1. The largest absolute Gasteiger partial charge is 0.444 e. The van der Waals surface area contributed by atoms with Crippen LogP contribution in [0.15, 0.2) is 18.3 Å². The molecule has 128 valence electrons. The van der Waals surface area contributed by atoms with Gasteiger partial charge in [0.05, 0.1) is 11.9 Å². The van der Waals surface area contributed by atoms with Crippen LogP contribution in [0.4, 0.5) is 10.5 Å². The van der Waals surface area contributed by atoms with Crippen LogP contribution in [-0.2, 0) is 10.2 Å². The van der Waals surface area contributed by atoms with Crippen molar-refractivity contribution in [1.29, 1.82) is 0 Å². The van der Waals surface area contributed by atoms with Crippen molar-refractivity contribution >= 4 is 11.8 Å². The second-order valence-corrected chi connectivity index (χ2v) is 8.11. The van der Waals surface area contributed by atoms with E-state index >= 15 is 0 Å². The first kappa shape index (κ1) is 17.6. The van der Waals surface area contributed by atoms with Crippen molar-refractivity contribution in [3.05, 3.63) is 24.0 Å². The molecule has 0 bridgehead atoms. The van der Waals surface area contributed by atoms with Crippen molar-refractivity contribution in [3.63, 3.8) is 0 Å². The van der Waals surface area contributed by atoms with Gasteiger partial charge in [-0.2, -0.15) is 0 Å². The molecule has 5 heteroatoms. The number of aromatic nitrogens is 1. The molecule has 5 nitrogen and oxygen atoms in total. The Morgan fingerprint density at radius 3 is 2.09 bits per heavy atom. The summed E-state index contributed by atoms with van der Waals surface area (Å²) in [5, 5.41) is 0. The minimum Gasteiger partial charge on any atom is -0.444 e. The monoisotopic (exact) mass is 319 g/mol. The van der Waals surface area contributed by atoms with Crippen molar-refractivity contribution in [1.82, 2.24) is 9.88 Å². The number of ether oxygens (including phenoxy) is 1. The van der Waals surface area contributed by atoms with E-state index in [4.69, 9.17) is 4.74 Å². The zero-order valence-corrected chi connectivity index (χ0v) is 15.2. The van der Waals surface area contributed by atoms with Gasteiger partial charge in [-0.3, -0.25) is 4.98 Å². The molecule has 23 heavy (non-hydrogen) atoms. The molecule has 0 aliphatic carbocycles. The molecule has 1 aromatic heterocycles. The SMILES string of the molecule is CC(C)(C)OC(=O)N1CCN(c2ccc(C(C)(C)C)nc2)CC1. The van der Waals surface area contributed by atoms with Crippen LogP contribution < -0.4 is 4.90 Å². The third-order valence-electron chi connectivity index (χ3n) is 3.81. The Morgan fingerprint density at radius 2 is 1.65 bits per heavy atom. The number of carbonyl (C=O) groups is 1. The molecule has 1 aromatic rings. The molecule has 0 saturated carbocycles. The molecule has 0 atom stereocenters. The van der Waals surface area contributed by atoms with Gasteiger partial charge in [-0.15, -0.1) is 0 Å². The number of nitrogens with zero attached hydrogens (tertiary/aromatic N) is 3. The summed E-state index contributed by atoms with van der Waals surface area (Å²) >= 11 is 0. The molecular formula is C18H29N3O2. The van der Waals surface area contributed by atoms with Crippen LogP contribution in [0.3, 0.4) is 0 Å². The Bertz CT molecular complexity index is 533. The topological polar surface area (TPSA) is 45.7 Å². The van der Waals surface area contributed by atoms with Gasteiger partial charge in [-0.1, -0.05) is 20.8 Å². The lowest BCUT2D eigenvalue weighted by molar-refractivity contribution is 0.0240. The third-order valence-corrected chi connectivity index (χ3v) is 3.81. The van der Waals surface area contributed by atoms with E-state index in [9.17, 15) is 4.79 Å². The number of rotatable bonds is 1. The molecular weight excluding hydrogens is 290 g/mol. The predicted molar refractivity (Wildman–Crippen MR) is 93.0 cm³/mol. The van der Waals surface area contributed by atoms with Gasteiger partial charge in [0.1, 0.15) is 5.60 Å². The average molecular weight is 319 g/mol. The number of hydrogen-bond donors (Lipinski definition) is 0. The van der Waals surface area contributed by atoms with Crippen LogP contribution in [0.1, 0.15) is 47.2 Å². The Kier molecular flexibility index (Phi) is 4.87. The molecule has 0 unspecified atom stereocenters. The summed E-state index contributed by atoms with van der Waals surface area (Å²) in [6, 6.07) is 4.21. The van der Waals surface area contributed by atoms with E-state index in [0.717, 1.165) is 24.5 Å². The molecule has 1 amide bonds. The van der Waals surface area contributed by atoms with Gasteiger partial charge in [-0.25, -0.2) is 4.79 Å². The average Bonchev–Trinajstić information content (AvgIpc) is 2.45. The van der Waals surface area contributed by atoms with Crippen LogP contribution in [0, 0.1) is 0 Å². The van der Waals surface area contributed by atoms with Crippen LogP contribution >= 0.6 is 0 Å². The fourth-order valence-electron chi connectivity index (χ4n) is 2.49. The van der Waals surface area contributed by atoms with Gasteiger partial charge in [0, 0.05) is 37.3 Å². The normalized spacial score (nSPS) is 16.4. The zero-order valence-electron chi connectivity index (χ0n) is 15.2. The van der Waals surface area contributed by atoms with Crippen molar-refractivity contribution in [2.24, 2.45) is 0 Å². The van der Waals surface area contributed by atoms with Crippen LogP contribution in [0.5, 0.6) is 0 Å². The molecule has 0 spiro atoms. The molecule has 2 rings (SSSR count). The van der Waals surface area contributed by atoms with E-state index in [2.05, 4.69) is 42.8 Å². The minimum absolute atomic E-state index is 0.0634. The van der Waals surface area contributed by atoms with Crippen molar-refractivity contribution < 1.29 is 9.53 Å². The van der Waals surface area contributed by atoms with Gasteiger partial charge < -0.3 is 14.5 Å². The zero-order chi connectivity index (χ0) is 17.3. The fraction of sp³-hybridized carbons (Fsp3) is 0.667. The molecule has 1 fully saturated rings. The van der Waals surface area contributed by atoms with Crippen molar-refractivity contribution in [2.45, 2.75) is 52.6 Å². The highest BCUT2D eigenvalue weighted by molar-refractivity contribution is 5.68. The van der Waals surface area contributed by atoms with E-state index in [-0.39, 0.29) is 11.5 Å². The van der Waals surface area contributed by atoms with Gasteiger partial charge in [0.25, 0.3) is 0 Å². The van der Waals surface area contributed by atoms with E-state index < -0.39 is 5.60 Å². The first-order chi connectivity index (χ1) is 10.6. The molecule has 0 N–H and O–H groups in total. The summed E-state index contributed by atoms with van der Waals surface area (Å²) in [4.78, 5) is 20.7. The van der Waals surface area contributed by atoms with Gasteiger partial charge in [0.2, 0.25) is 0 Å². The van der Waals surface area contributed by atoms with Gasteiger partial charge in [-0.05, 0) is 32.9 Å². The lowest BCUT2D eigenvalue weighted by Gasteiger charge is -2.36. The van der Waals surface area contributed by atoms with E-state index in [1.807, 2.05) is 27.0 Å². The Balaban J connectivity index is 1.93. The number of piperazine rings is 1. The van der Waals surface area contributed by atoms with Gasteiger partial charge in [0.15, 0.2) is 0 Å². The number of amides is 1. The molecule has 1 aliphatic heterocycles. The highest BCUT2D eigenvalue weighted by Gasteiger charge is 2.26. The Morgan fingerprint density at radius 1 is 1.04 bits per heavy atom. The molecule has 0 aromatic carbocycles. The number of anilines is 1. The molecule has 0 radical (unpaired) electrons. The lowest BCUT2D eigenvalue weighted by Crippen LogP contribution is -2.50. The maximum Gasteiger partial charge on any atom is 0.410 e. The highest BCUT2D eigenvalue weighted by atomic mass is 16.6. The van der Waals surface area contributed by atoms with E-state index in [1.54, 1.807) is 4.90 Å². The summed E-state index contributed by atoms with van der Waals surface area (Å²) in [5.74, 6) is 0. The summed E-state index contributed by atoms with van der Waals surface area (Å²) < 4.78 is 5.43. The second-order valence-electron chi connectivity index (χ2n) is 8.11. The summed E-state index contributed by atoms with van der Waals surface area (Å²) in [6.07, 6.45) is 1.71. The number of carbonyl (C=O) groups excluding carboxylic acids is 1. The quantitative estimate of drug-likeness (QED) is 0.795. The standard InChI is InChI=1S/C18H29N3O2/c1-17(2,3)15-8-7-14(13-19-15)20-9-11-21(12-10-20)16(22)23-18(4,5)6/h7-8,13H,9-12H2,1-6H3. The summed E-state index contributed by atoms with van der Waals surface area (Å²) in [6.45, 7) is 15.1. The summed E-state index contributed by atoms with van der Waals surface area (Å²) in [5.41, 5.74) is 1.82. The fourth-order valence-corrected chi connectivity index (χ4v) is 2.49. The highest BCUT2D eigenvalue weighted by Crippen LogP contribution is 2.23. The predicted octanol–water partition coefficient (Wildman–Crippen LogP) is 3.44. The second kappa shape index (κ2) is 6.38. The van der Waals surface area contributed by atoms with Gasteiger partial charge >= 0.3 is 6.09 Å². The van der Waals surface area contributed by atoms with E-state index in [1.165, 1.54) is 0 Å². The van der Waals surface area contributed by atoms with Crippen LogP contribution in [-0.4, -0.2) is 47.8 Å². The third kappa shape index (κ3) is 4.85. The summed E-state index contributed by atoms with van der Waals surface area (Å²) in [7, 11) is 0. The maximum atomic E-state index is 12.1. The van der Waals surface area contributed by atoms with Crippen LogP contribution in [0.25, 0.3) is 0 Å². The van der Waals surface area contributed by atoms with Crippen molar-refractivity contribution in [3.8, 4) is 0 Å². The Labute approximate surface area is 139 Å².